The van der Waals surface area contributed by atoms with E-state index in [0.717, 1.165) is 18.7 Å². The summed E-state index contributed by atoms with van der Waals surface area (Å²) >= 11 is 0. The van der Waals surface area contributed by atoms with Crippen molar-refractivity contribution in [3.05, 3.63) is 65.5 Å². The van der Waals surface area contributed by atoms with Crippen LogP contribution in [0.15, 0.2) is 48.5 Å². The monoisotopic (exact) mass is 298 g/mol. The van der Waals surface area contributed by atoms with Gasteiger partial charge in [-0.2, -0.15) is 0 Å². The summed E-state index contributed by atoms with van der Waals surface area (Å²) in [6.07, 6.45) is 0. The molecule has 0 aliphatic carbocycles. The fourth-order valence-corrected chi connectivity index (χ4v) is 2.80. The minimum absolute atomic E-state index is 0.0790. The van der Waals surface area contributed by atoms with Gasteiger partial charge >= 0.3 is 0 Å². The van der Waals surface area contributed by atoms with E-state index in [0.29, 0.717) is 18.7 Å². The van der Waals surface area contributed by atoms with Gasteiger partial charge < -0.3 is 9.80 Å². The van der Waals surface area contributed by atoms with Crippen molar-refractivity contribution in [2.24, 2.45) is 0 Å². The number of hydrogen-bond donors (Lipinski definition) is 0. The van der Waals surface area contributed by atoms with Crippen LogP contribution in [0, 0.1) is 12.7 Å². The molecule has 0 aromatic heterocycles. The molecular weight excluding hydrogens is 279 g/mol. The fraction of sp³-hybridized carbons (Fsp3) is 0.278. The van der Waals surface area contributed by atoms with Crippen LogP contribution in [0.5, 0.6) is 0 Å². The van der Waals surface area contributed by atoms with Gasteiger partial charge in [0.15, 0.2) is 0 Å². The summed E-state index contributed by atoms with van der Waals surface area (Å²) in [5.74, 6) is -0.443. The van der Waals surface area contributed by atoms with E-state index in [1.165, 1.54) is 17.8 Å². The predicted molar refractivity (Wildman–Crippen MR) is 85.7 cm³/mol. The molecule has 0 unspecified atom stereocenters. The average molecular weight is 298 g/mol. The van der Waals surface area contributed by atoms with Crippen LogP contribution in [-0.2, 0) is 0 Å². The van der Waals surface area contributed by atoms with Crippen molar-refractivity contribution in [1.29, 1.82) is 0 Å². The summed E-state index contributed by atoms with van der Waals surface area (Å²) in [6, 6.07) is 14.6. The van der Waals surface area contributed by atoms with Crippen LogP contribution < -0.4 is 4.90 Å². The third kappa shape index (κ3) is 2.96. The third-order valence-electron chi connectivity index (χ3n) is 4.12. The number of benzene rings is 2. The summed E-state index contributed by atoms with van der Waals surface area (Å²) in [6.45, 7) is 4.74. The molecule has 1 amide bonds. The molecule has 0 N–H and O–H groups in total. The minimum Gasteiger partial charge on any atom is -0.368 e. The molecule has 2 aromatic rings. The van der Waals surface area contributed by atoms with E-state index in [1.54, 1.807) is 11.0 Å². The maximum atomic E-state index is 13.4. The summed E-state index contributed by atoms with van der Waals surface area (Å²) in [7, 11) is 0. The molecule has 1 aliphatic rings. The molecule has 1 aliphatic heterocycles. The van der Waals surface area contributed by atoms with Crippen molar-refractivity contribution < 1.29 is 9.18 Å². The number of carbonyl (C=O) groups is 1. The lowest BCUT2D eigenvalue weighted by Gasteiger charge is -2.36. The highest BCUT2D eigenvalue weighted by molar-refractivity contribution is 5.95. The smallest absolute Gasteiger partial charge is 0.254 e. The van der Waals surface area contributed by atoms with E-state index in [1.807, 2.05) is 25.1 Å². The maximum absolute atomic E-state index is 13.4. The van der Waals surface area contributed by atoms with Crippen molar-refractivity contribution >= 4 is 11.6 Å². The highest BCUT2D eigenvalue weighted by Crippen LogP contribution is 2.18. The van der Waals surface area contributed by atoms with Crippen LogP contribution in [0.4, 0.5) is 10.1 Å². The van der Waals surface area contributed by atoms with Crippen LogP contribution in [0.3, 0.4) is 0 Å². The van der Waals surface area contributed by atoms with Gasteiger partial charge in [-0.1, -0.05) is 24.3 Å². The highest BCUT2D eigenvalue weighted by atomic mass is 19.1. The Balaban J connectivity index is 1.68. The summed E-state index contributed by atoms with van der Waals surface area (Å²) < 4.78 is 13.4. The molecule has 0 bridgehead atoms. The Morgan fingerprint density at radius 2 is 1.68 bits per heavy atom. The molecule has 114 valence electrons. The molecule has 0 saturated carbocycles. The molecular formula is C18H19FN2O. The zero-order valence-electron chi connectivity index (χ0n) is 12.6. The first-order chi connectivity index (χ1) is 10.6. The Bertz CT molecular complexity index is 664. The molecule has 1 fully saturated rings. The van der Waals surface area contributed by atoms with Crippen LogP contribution in [0.2, 0.25) is 0 Å². The number of para-hydroxylation sites is 1. The summed E-state index contributed by atoms with van der Waals surface area (Å²) in [4.78, 5) is 16.6. The molecule has 4 heteroatoms. The van der Waals surface area contributed by atoms with Gasteiger partial charge in [0.1, 0.15) is 5.82 Å². The van der Waals surface area contributed by atoms with E-state index in [4.69, 9.17) is 0 Å². The lowest BCUT2D eigenvalue weighted by molar-refractivity contribution is 0.0745. The second-order valence-electron chi connectivity index (χ2n) is 5.57. The average Bonchev–Trinajstić information content (AvgIpc) is 2.57. The standard InChI is InChI=1S/C18H19FN2O/c1-14-7-8-15(19)13-17(14)18(22)21-11-9-20(10-12-21)16-5-3-2-4-6-16/h2-8,13H,9-12H2,1H3. The molecule has 22 heavy (non-hydrogen) atoms. The zero-order chi connectivity index (χ0) is 15.5. The molecule has 2 aromatic carbocycles. The number of piperazine rings is 1. The third-order valence-corrected chi connectivity index (χ3v) is 4.12. The van der Waals surface area contributed by atoms with Gasteiger partial charge in [-0.25, -0.2) is 4.39 Å². The van der Waals surface area contributed by atoms with E-state index in [-0.39, 0.29) is 11.7 Å². The van der Waals surface area contributed by atoms with Crippen molar-refractivity contribution in [2.45, 2.75) is 6.92 Å². The first-order valence-corrected chi connectivity index (χ1v) is 7.50. The Morgan fingerprint density at radius 3 is 2.36 bits per heavy atom. The molecule has 0 spiro atoms. The Morgan fingerprint density at radius 1 is 1.00 bits per heavy atom. The first kappa shape index (κ1) is 14.6. The maximum Gasteiger partial charge on any atom is 0.254 e. The number of hydrogen-bond acceptors (Lipinski definition) is 2. The second-order valence-corrected chi connectivity index (χ2v) is 5.57. The number of anilines is 1. The normalized spacial score (nSPS) is 15.0. The van der Waals surface area contributed by atoms with Crippen LogP contribution in [-0.4, -0.2) is 37.0 Å². The van der Waals surface area contributed by atoms with Gasteiger partial charge in [0.05, 0.1) is 0 Å². The van der Waals surface area contributed by atoms with Gasteiger partial charge in [-0.15, -0.1) is 0 Å². The zero-order valence-corrected chi connectivity index (χ0v) is 12.6. The Labute approximate surface area is 130 Å². The van der Waals surface area contributed by atoms with E-state index < -0.39 is 0 Å². The van der Waals surface area contributed by atoms with Crippen molar-refractivity contribution in [2.75, 3.05) is 31.1 Å². The van der Waals surface area contributed by atoms with Gasteiger partial charge in [0.25, 0.3) is 5.91 Å². The fourth-order valence-electron chi connectivity index (χ4n) is 2.80. The van der Waals surface area contributed by atoms with Gasteiger partial charge in [-0.3, -0.25) is 4.79 Å². The molecule has 1 saturated heterocycles. The molecule has 0 atom stereocenters. The largest absolute Gasteiger partial charge is 0.368 e. The number of nitrogens with zero attached hydrogens (tertiary/aromatic N) is 2. The first-order valence-electron chi connectivity index (χ1n) is 7.50. The van der Waals surface area contributed by atoms with Crippen LogP contribution in [0.1, 0.15) is 15.9 Å². The van der Waals surface area contributed by atoms with Gasteiger partial charge in [-0.05, 0) is 36.8 Å². The Kier molecular flexibility index (Phi) is 4.09. The predicted octanol–water partition coefficient (Wildman–Crippen LogP) is 3.10. The van der Waals surface area contributed by atoms with Crippen LogP contribution in [0.25, 0.3) is 0 Å². The lowest BCUT2D eigenvalue weighted by atomic mass is 10.1. The van der Waals surface area contributed by atoms with Gasteiger partial charge in [0.2, 0.25) is 0 Å². The SMILES string of the molecule is Cc1ccc(F)cc1C(=O)N1CCN(c2ccccc2)CC1. The number of amides is 1. The van der Waals surface area contributed by atoms with Crippen molar-refractivity contribution in [1.82, 2.24) is 4.90 Å². The quantitative estimate of drug-likeness (QED) is 0.850. The summed E-state index contributed by atoms with van der Waals surface area (Å²) in [5.41, 5.74) is 2.46. The molecule has 0 radical (unpaired) electrons. The van der Waals surface area contributed by atoms with E-state index in [9.17, 15) is 9.18 Å². The van der Waals surface area contributed by atoms with E-state index in [2.05, 4.69) is 17.0 Å². The minimum atomic E-state index is -0.364. The van der Waals surface area contributed by atoms with Gasteiger partial charge in [0, 0.05) is 37.4 Å². The second kappa shape index (κ2) is 6.18. The molecule has 3 rings (SSSR count). The molecule has 3 nitrogen and oxygen atoms in total. The lowest BCUT2D eigenvalue weighted by Crippen LogP contribution is -2.49. The Hall–Kier alpha value is -2.36. The van der Waals surface area contributed by atoms with Crippen LogP contribution >= 0.6 is 0 Å². The van der Waals surface area contributed by atoms with E-state index >= 15 is 0 Å². The number of halogens is 1. The topological polar surface area (TPSA) is 23.6 Å². The molecule has 1 heterocycles. The summed E-state index contributed by atoms with van der Waals surface area (Å²) in [5, 5.41) is 0. The van der Waals surface area contributed by atoms with Crippen molar-refractivity contribution in [3.8, 4) is 0 Å². The van der Waals surface area contributed by atoms with Crippen molar-refractivity contribution in [3.63, 3.8) is 0 Å². The number of carbonyl (C=O) groups excluding carboxylic acids is 1. The number of aryl methyl sites for hydroxylation is 1. The number of rotatable bonds is 2. The highest BCUT2D eigenvalue weighted by Gasteiger charge is 2.23.